The van der Waals surface area contributed by atoms with Crippen LogP contribution in [0.4, 0.5) is 0 Å². The van der Waals surface area contributed by atoms with Gasteiger partial charge in [0.1, 0.15) is 6.10 Å². The molecule has 1 N–H and O–H groups in total. The summed E-state index contributed by atoms with van der Waals surface area (Å²) in [4.78, 5) is 12.1. The van der Waals surface area contributed by atoms with Gasteiger partial charge in [0, 0.05) is 13.0 Å². The number of hydrogen-bond acceptors (Lipinski definition) is 4. The van der Waals surface area contributed by atoms with Gasteiger partial charge in [0.2, 0.25) is 0 Å². The molecule has 0 saturated heterocycles. The Bertz CT molecular complexity index is 514. The van der Waals surface area contributed by atoms with E-state index >= 15 is 0 Å². The lowest BCUT2D eigenvalue weighted by Crippen LogP contribution is -2.27. The fourth-order valence-electron chi connectivity index (χ4n) is 4.36. The molecule has 0 aliphatic rings. The number of esters is 1. The molecule has 0 amide bonds. The summed E-state index contributed by atoms with van der Waals surface area (Å²) >= 11 is 0. The lowest BCUT2D eigenvalue weighted by atomic mass is 10.1. The number of rotatable bonds is 29. The molecule has 0 rings (SSSR count). The maximum absolute atomic E-state index is 12.1. The molecule has 0 aliphatic heterocycles. The molecule has 0 bridgehead atoms. The molecular weight excluding hydrogens is 460 g/mol. The summed E-state index contributed by atoms with van der Waals surface area (Å²) in [5, 5.41) is 9.48. The minimum Gasteiger partial charge on any atom is -0.457 e. The van der Waals surface area contributed by atoms with E-state index in [1.807, 2.05) is 0 Å². The maximum atomic E-state index is 12.1. The molecule has 4 heteroatoms. The Kier molecular flexibility index (Phi) is 30.1. The van der Waals surface area contributed by atoms with Crippen LogP contribution in [0.5, 0.6) is 0 Å². The smallest absolute Gasteiger partial charge is 0.306 e. The molecule has 0 aromatic rings. The van der Waals surface area contributed by atoms with Crippen LogP contribution >= 0.6 is 0 Å². The third kappa shape index (κ3) is 29.3. The Morgan fingerprint density at radius 1 is 0.649 bits per heavy atom. The second kappa shape index (κ2) is 31.1. The van der Waals surface area contributed by atoms with Gasteiger partial charge in [0.25, 0.3) is 0 Å². The Morgan fingerprint density at radius 3 is 1.70 bits per heavy atom. The molecule has 37 heavy (non-hydrogen) atoms. The summed E-state index contributed by atoms with van der Waals surface area (Å²) in [6, 6.07) is 0. The highest BCUT2D eigenvalue weighted by Gasteiger charge is 2.13. The topological polar surface area (TPSA) is 55.8 Å². The molecule has 1 unspecified atom stereocenters. The van der Waals surface area contributed by atoms with Crippen LogP contribution in [0.2, 0.25) is 0 Å². The lowest BCUT2D eigenvalue weighted by molar-refractivity contribution is -0.154. The highest BCUT2D eigenvalue weighted by atomic mass is 16.6. The van der Waals surface area contributed by atoms with Gasteiger partial charge < -0.3 is 14.6 Å². The molecule has 0 aromatic carbocycles. The molecule has 1 atom stereocenters. The third-order valence-electron chi connectivity index (χ3n) is 6.78. The van der Waals surface area contributed by atoms with E-state index < -0.39 is 6.10 Å². The van der Waals surface area contributed by atoms with Crippen LogP contribution in [-0.4, -0.2) is 37.0 Å². The van der Waals surface area contributed by atoms with Crippen molar-refractivity contribution in [3.63, 3.8) is 0 Å². The summed E-state index contributed by atoms with van der Waals surface area (Å²) in [6.45, 7) is 5.30. The van der Waals surface area contributed by atoms with Gasteiger partial charge in [-0.25, -0.2) is 0 Å². The predicted octanol–water partition coefficient (Wildman–Crippen LogP) is 9.64. The van der Waals surface area contributed by atoms with Crippen LogP contribution in [0.25, 0.3) is 0 Å². The van der Waals surface area contributed by atoms with Crippen LogP contribution in [0, 0.1) is 0 Å². The van der Waals surface area contributed by atoms with Crippen LogP contribution in [-0.2, 0) is 14.3 Å². The van der Waals surface area contributed by atoms with Crippen LogP contribution in [0.1, 0.15) is 155 Å². The monoisotopic (exact) mass is 522 g/mol. The zero-order valence-corrected chi connectivity index (χ0v) is 24.7. The first-order valence-electron chi connectivity index (χ1n) is 15.9. The summed E-state index contributed by atoms with van der Waals surface area (Å²) < 4.78 is 11.0. The molecule has 0 saturated carbocycles. The summed E-state index contributed by atoms with van der Waals surface area (Å²) in [5.74, 6) is -0.216. The van der Waals surface area contributed by atoms with E-state index in [0.717, 1.165) is 38.5 Å². The van der Waals surface area contributed by atoms with E-state index in [2.05, 4.69) is 38.2 Å². The Labute approximate surface area is 230 Å². The van der Waals surface area contributed by atoms with Gasteiger partial charge in [-0.05, 0) is 44.9 Å². The first-order valence-corrected chi connectivity index (χ1v) is 15.9. The Balaban J connectivity index is 3.49. The second-order valence-corrected chi connectivity index (χ2v) is 10.5. The Hall–Kier alpha value is -1.13. The number of allylic oxidation sites excluding steroid dienone is 4. The quantitative estimate of drug-likeness (QED) is 0.0603. The van der Waals surface area contributed by atoms with Gasteiger partial charge in [0.05, 0.1) is 13.2 Å². The first kappa shape index (κ1) is 35.9. The average Bonchev–Trinajstić information content (AvgIpc) is 2.90. The van der Waals surface area contributed by atoms with Crippen molar-refractivity contribution in [3.05, 3.63) is 24.3 Å². The molecule has 0 aromatic heterocycles. The van der Waals surface area contributed by atoms with Crippen molar-refractivity contribution >= 4 is 5.97 Å². The fourth-order valence-corrected chi connectivity index (χ4v) is 4.36. The zero-order valence-electron chi connectivity index (χ0n) is 24.7. The van der Waals surface area contributed by atoms with Crippen molar-refractivity contribution in [2.24, 2.45) is 0 Å². The highest BCUT2D eigenvalue weighted by molar-refractivity contribution is 5.69. The highest BCUT2D eigenvalue weighted by Crippen LogP contribution is 2.11. The van der Waals surface area contributed by atoms with Crippen molar-refractivity contribution in [1.82, 2.24) is 0 Å². The molecule has 4 nitrogen and oxygen atoms in total. The van der Waals surface area contributed by atoms with Gasteiger partial charge in [-0.15, -0.1) is 0 Å². The Morgan fingerprint density at radius 2 is 1.14 bits per heavy atom. The normalized spacial score (nSPS) is 12.6. The van der Waals surface area contributed by atoms with Gasteiger partial charge in [0.15, 0.2) is 0 Å². The lowest BCUT2D eigenvalue weighted by Gasteiger charge is -2.15. The van der Waals surface area contributed by atoms with Gasteiger partial charge in [-0.1, -0.05) is 128 Å². The SMILES string of the molecule is CCCCCC/C=C\C/C=C\CCCCCCCC(=O)OC(CO)COCCCCCCCCCCC. The van der Waals surface area contributed by atoms with E-state index in [1.165, 1.54) is 96.3 Å². The van der Waals surface area contributed by atoms with Crippen LogP contribution in [0.15, 0.2) is 24.3 Å². The van der Waals surface area contributed by atoms with Gasteiger partial charge in [-0.2, -0.15) is 0 Å². The number of carbonyl (C=O) groups excluding carboxylic acids is 1. The number of carbonyl (C=O) groups is 1. The molecule has 0 aliphatic carbocycles. The number of unbranched alkanes of at least 4 members (excludes halogenated alkanes) is 17. The molecule has 218 valence electrons. The minimum atomic E-state index is -0.534. The van der Waals surface area contributed by atoms with E-state index in [9.17, 15) is 9.90 Å². The molecule has 0 fully saturated rings. The van der Waals surface area contributed by atoms with Crippen LogP contribution in [0.3, 0.4) is 0 Å². The van der Waals surface area contributed by atoms with Crippen molar-refractivity contribution in [3.8, 4) is 0 Å². The van der Waals surface area contributed by atoms with E-state index in [1.54, 1.807) is 0 Å². The van der Waals surface area contributed by atoms with E-state index in [0.29, 0.717) is 19.6 Å². The molecule has 0 spiro atoms. The summed E-state index contributed by atoms with van der Waals surface area (Å²) in [5.41, 5.74) is 0. The predicted molar refractivity (Wildman–Crippen MR) is 159 cm³/mol. The zero-order chi connectivity index (χ0) is 27.1. The molecule has 0 heterocycles. The van der Waals surface area contributed by atoms with Gasteiger partial charge >= 0.3 is 5.97 Å². The van der Waals surface area contributed by atoms with Crippen molar-refractivity contribution in [1.29, 1.82) is 0 Å². The third-order valence-corrected chi connectivity index (χ3v) is 6.78. The number of aliphatic hydroxyl groups excluding tert-OH is 1. The molecular formula is C33H62O4. The van der Waals surface area contributed by atoms with Crippen molar-refractivity contribution in [2.45, 2.75) is 161 Å². The van der Waals surface area contributed by atoms with Crippen LogP contribution < -0.4 is 0 Å². The summed E-state index contributed by atoms with van der Waals surface area (Å²) in [6.07, 6.45) is 34.9. The number of hydrogen-bond donors (Lipinski definition) is 1. The fraction of sp³-hybridized carbons (Fsp3) is 0.848. The first-order chi connectivity index (χ1) is 18.2. The molecule has 0 radical (unpaired) electrons. The van der Waals surface area contributed by atoms with Crippen molar-refractivity contribution in [2.75, 3.05) is 19.8 Å². The number of aliphatic hydroxyl groups is 1. The van der Waals surface area contributed by atoms with Gasteiger partial charge in [-0.3, -0.25) is 4.79 Å². The summed E-state index contributed by atoms with van der Waals surface area (Å²) in [7, 11) is 0. The standard InChI is InChI=1S/C33H62O4/c1-3-5-7-9-11-13-14-15-16-17-18-19-20-22-24-26-28-33(35)37-32(30-34)31-36-29-27-25-23-21-12-10-8-6-4-2/h13-14,16-17,32,34H,3-12,15,18-31H2,1-2H3/b14-13-,17-16-. The maximum Gasteiger partial charge on any atom is 0.306 e. The largest absolute Gasteiger partial charge is 0.457 e. The van der Waals surface area contributed by atoms with Crippen molar-refractivity contribution < 1.29 is 19.4 Å². The number of ether oxygens (including phenoxy) is 2. The van der Waals surface area contributed by atoms with E-state index in [4.69, 9.17) is 9.47 Å². The average molecular weight is 523 g/mol. The minimum absolute atomic E-state index is 0.175. The second-order valence-electron chi connectivity index (χ2n) is 10.5. The van der Waals surface area contributed by atoms with E-state index in [-0.39, 0.29) is 12.6 Å².